The Labute approximate surface area is 123 Å². The zero-order valence-corrected chi connectivity index (χ0v) is 12.6. The van der Waals surface area contributed by atoms with E-state index in [4.69, 9.17) is 0 Å². The molecule has 1 fully saturated rings. The molecule has 2 aromatic rings. The molecule has 1 atom stereocenters. The molecule has 3 heterocycles. The lowest BCUT2D eigenvalue weighted by Gasteiger charge is -2.15. The minimum atomic E-state index is 0.714. The van der Waals surface area contributed by atoms with Crippen LogP contribution in [-0.4, -0.2) is 34.5 Å². The Hall–Kier alpha value is -1.46. The molecule has 1 aliphatic heterocycles. The summed E-state index contributed by atoms with van der Waals surface area (Å²) in [4.78, 5) is 12.5. The van der Waals surface area contributed by atoms with Gasteiger partial charge in [-0.15, -0.1) is 11.3 Å². The first-order chi connectivity index (χ1) is 9.79. The summed E-state index contributed by atoms with van der Waals surface area (Å²) in [5, 5.41) is 4.59. The Kier molecular flexibility index (Phi) is 4.28. The molecule has 20 heavy (non-hydrogen) atoms. The molecule has 1 unspecified atom stereocenters. The van der Waals surface area contributed by atoms with Crippen LogP contribution >= 0.6 is 11.3 Å². The standard InChI is InChI=1S/C15H20N4S/c1-12-17-9-14(20-12)11-19-7-5-13(10-19)8-18-15-4-2-3-6-16-15/h2-4,6,9,13H,5,7-8,10-11H2,1H3,(H,16,18). The van der Waals surface area contributed by atoms with Crippen molar-refractivity contribution in [2.75, 3.05) is 25.0 Å². The molecule has 0 aromatic carbocycles. The van der Waals surface area contributed by atoms with Gasteiger partial charge in [0.15, 0.2) is 0 Å². The van der Waals surface area contributed by atoms with Gasteiger partial charge in [-0.3, -0.25) is 4.90 Å². The monoisotopic (exact) mass is 288 g/mol. The molecule has 0 radical (unpaired) electrons. The van der Waals surface area contributed by atoms with Gasteiger partial charge in [0.1, 0.15) is 5.82 Å². The van der Waals surface area contributed by atoms with E-state index in [1.54, 1.807) is 0 Å². The first-order valence-corrected chi connectivity index (χ1v) is 7.90. The average molecular weight is 288 g/mol. The second-order valence-electron chi connectivity index (χ2n) is 5.33. The van der Waals surface area contributed by atoms with Crippen molar-refractivity contribution >= 4 is 17.2 Å². The van der Waals surface area contributed by atoms with Crippen LogP contribution in [0.15, 0.2) is 30.6 Å². The van der Waals surface area contributed by atoms with E-state index in [0.717, 1.165) is 30.5 Å². The van der Waals surface area contributed by atoms with Crippen molar-refractivity contribution in [2.24, 2.45) is 5.92 Å². The molecule has 3 rings (SSSR count). The molecule has 1 N–H and O–H groups in total. The Morgan fingerprint density at radius 1 is 1.40 bits per heavy atom. The highest BCUT2D eigenvalue weighted by molar-refractivity contribution is 7.11. The van der Waals surface area contributed by atoms with E-state index < -0.39 is 0 Å². The fourth-order valence-electron chi connectivity index (χ4n) is 2.64. The normalized spacial score (nSPS) is 19.4. The number of likely N-dealkylation sites (tertiary alicyclic amines) is 1. The van der Waals surface area contributed by atoms with Crippen molar-refractivity contribution in [3.8, 4) is 0 Å². The smallest absolute Gasteiger partial charge is 0.125 e. The number of nitrogens with zero attached hydrogens (tertiary/aromatic N) is 3. The van der Waals surface area contributed by atoms with E-state index in [1.807, 2.05) is 41.9 Å². The number of nitrogens with one attached hydrogen (secondary N) is 1. The summed E-state index contributed by atoms with van der Waals surface area (Å²) in [5.41, 5.74) is 0. The lowest BCUT2D eigenvalue weighted by atomic mass is 10.1. The first-order valence-electron chi connectivity index (χ1n) is 7.08. The topological polar surface area (TPSA) is 41.1 Å². The third kappa shape index (κ3) is 3.55. The lowest BCUT2D eigenvalue weighted by Crippen LogP contribution is -2.22. The zero-order valence-electron chi connectivity index (χ0n) is 11.7. The molecule has 0 spiro atoms. The molecular weight excluding hydrogens is 268 g/mol. The molecule has 0 bridgehead atoms. The van der Waals surface area contributed by atoms with Crippen LogP contribution in [0.1, 0.15) is 16.3 Å². The lowest BCUT2D eigenvalue weighted by molar-refractivity contribution is 0.321. The summed E-state index contributed by atoms with van der Waals surface area (Å²) in [6, 6.07) is 5.98. The number of hydrogen-bond donors (Lipinski definition) is 1. The number of thiazole rings is 1. The summed E-state index contributed by atoms with van der Waals surface area (Å²) in [6.07, 6.45) is 5.10. The van der Waals surface area contributed by atoms with E-state index in [9.17, 15) is 0 Å². The first kappa shape index (κ1) is 13.5. The number of aryl methyl sites for hydroxylation is 1. The molecule has 4 nitrogen and oxygen atoms in total. The number of anilines is 1. The maximum Gasteiger partial charge on any atom is 0.125 e. The Balaban J connectivity index is 1.45. The van der Waals surface area contributed by atoms with Crippen molar-refractivity contribution < 1.29 is 0 Å². The van der Waals surface area contributed by atoms with Crippen LogP contribution in [-0.2, 0) is 6.54 Å². The van der Waals surface area contributed by atoms with Gasteiger partial charge in [0, 0.05) is 36.9 Å². The third-order valence-corrected chi connectivity index (χ3v) is 4.55. The van der Waals surface area contributed by atoms with E-state index in [2.05, 4.69) is 27.1 Å². The molecule has 2 aromatic heterocycles. The van der Waals surface area contributed by atoms with Crippen molar-refractivity contribution in [3.05, 3.63) is 40.5 Å². The second kappa shape index (κ2) is 6.33. The minimum absolute atomic E-state index is 0.714. The molecular formula is C15H20N4S. The SMILES string of the molecule is Cc1ncc(CN2CCC(CNc3ccccn3)C2)s1. The predicted molar refractivity (Wildman–Crippen MR) is 83.0 cm³/mol. The van der Waals surface area contributed by atoms with Crippen molar-refractivity contribution in [3.63, 3.8) is 0 Å². The van der Waals surface area contributed by atoms with Crippen LogP contribution in [0.5, 0.6) is 0 Å². The fourth-order valence-corrected chi connectivity index (χ4v) is 3.48. The molecule has 1 aliphatic rings. The maximum atomic E-state index is 4.32. The van der Waals surface area contributed by atoms with Crippen molar-refractivity contribution in [1.29, 1.82) is 0 Å². The number of hydrogen-bond acceptors (Lipinski definition) is 5. The minimum Gasteiger partial charge on any atom is -0.370 e. The van der Waals surface area contributed by atoms with Crippen LogP contribution in [0, 0.1) is 12.8 Å². The van der Waals surface area contributed by atoms with Gasteiger partial charge in [0.05, 0.1) is 5.01 Å². The molecule has 0 aliphatic carbocycles. The van der Waals surface area contributed by atoms with Gasteiger partial charge >= 0.3 is 0 Å². The van der Waals surface area contributed by atoms with Gasteiger partial charge in [-0.05, 0) is 37.9 Å². The molecule has 0 saturated carbocycles. The Morgan fingerprint density at radius 2 is 2.35 bits per heavy atom. The molecule has 0 amide bonds. The Bertz CT molecular complexity index is 540. The van der Waals surface area contributed by atoms with E-state index in [-0.39, 0.29) is 0 Å². The van der Waals surface area contributed by atoms with Gasteiger partial charge in [0.2, 0.25) is 0 Å². The Morgan fingerprint density at radius 3 is 3.10 bits per heavy atom. The number of aromatic nitrogens is 2. The summed E-state index contributed by atoms with van der Waals surface area (Å²) in [5.74, 6) is 1.69. The van der Waals surface area contributed by atoms with E-state index >= 15 is 0 Å². The van der Waals surface area contributed by atoms with Crippen molar-refractivity contribution in [2.45, 2.75) is 19.9 Å². The number of rotatable bonds is 5. The van der Waals surface area contributed by atoms with Gasteiger partial charge in [-0.2, -0.15) is 0 Å². The molecule has 5 heteroatoms. The number of pyridine rings is 1. The van der Waals surface area contributed by atoms with Crippen LogP contribution in [0.3, 0.4) is 0 Å². The summed E-state index contributed by atoms with van der Waals surface area (Å²) in [7, 11) is 0. The summed E-state index contributed by atoms with van der Waals surface area (Å²) >= 11 is 1.81. The highest BCUT2D eigenvalue weighted by Crippen LogP contribution is 2.21. The van der Waals surface area contributed by atoms with E-state index in [0.29, 0.717) is 5.92 Å². The van der Waals surface area contributed by atoms with Gasteiger partial charge in [0.25, 0.3) is 0 Å². The van der Waals surface area contributed by atoms with Crippen LogP contribution in [0.2, 0.25) is 0 Å². The van der Waals surface area contributed by atoms with E-state index in [1.165, 1.54) is 17.8 Å². The van der Waals surface area contributed by atoms with Crippen LogP contribution in [0.4, 0.5) is 5.82 Å². The second-order valence-corrected chi connectivity index (χ2v) is 6.65. The summed E-state index contributed by atoms with van der Waals surface area (Å²) < 4.78 is 0. The molecule has 1 saturated heterocycles. The van der Waals surface area contributed by atoms with Gasteiger partial charge < -0.3 is 5.32 Å². The quantitative estimate of drug-likeness (QED) is 0.918. The van der Waals surface area contributed by atoms with Crippen LogP contribution in [0.25, 0.3) is 0 Å². The summed E-state index contributed by atoms with van der Waals surface area (Å²) in [6.45, 7) is 6.47. The maximum absolute atomic E-state index is 4.32. The average Bonchev–Trinajstić information content (AvgIpc) is 3.08. The molecule has 106 valence electrons. The van der Waals surface area contributed by atoms with Crippen LogP contribution < -0.4 is 5.32 Å². The largest absolute Gasteiger partial charge is 0.370 e. The highest BCUT2D eigenvalue weighted by atomic mass is 32.1. The highest BCUT2D eigenvalue weighted by Gasteiger charge is 2.22. The fraction of sp³-hybridized carbons (Fsp3) is 0.467. The van der Waals surface area contributed by atoms with Gasteiger partial charge in [-0.1, -0.05) is 6.07 Å². The third-order valence-electron chi connectivity index (χ3n) is 3.66. The van der Waals surface area contributed by atoms with Gasteiger partial charge in [-0.25, -0.2) is 9.97 Å². The predicted octanol–water partition coefficient (Wildman–Crippen LogP) is 2.78. The van der Waals surface area contributed by atoms with Crippen molar-refractivity contribution in [1.82, 2.24) is 14.9 Å². The zero-order chi connectivity index (χ0) is 13.8.